The summed E-state index contributed by atoms with van der Waals surface area (Å²) < 4.78 is 19.7. The van der Waals surface area contributed by atoms with E-state index in [4.69, 9.17) is 9.72 Å². The molecular formula is C23H25FN8O2. The van der Waals surface area contributed by atoms with Crippen LogP contribution in [0.3, 0.4) is 0 Å². The van der Waals surface area contributed by atoms with Crippen LogP contribution in [0.1, 0.15) is 24.2 Å². The van der Waals surface area contributed by atoms with E-state index in [1.54, 1.807) is 29.6 Å². The number of piperazine rings is 1. The van der Waals surface area contributed by atoms with Crippen molar-refractivity contribution in [2.45, 2.75) is 25.4 Å². The number of hydrogen-bond acceptors (Lipinski definition) is 10. The van der Waals surface area contributed by atoms with Crippen molar-refractivity contribution in [1.82, 2.24) is 30.2 Å². The van der Waals surface area contributed by atoms with Crippen LogP contribution in [0.25, 0.3) is 11.6 Å². The highest BCUT2D eigenvalue weighted by atomic mass is 19.1. The Labute approximate surface area is 196 Å². The molecule has 11 heteroatoms. The molecule has 10 nitrogen and oxygen atoms in total. The molecule has 0 aliphatic carbocycles. The predicted octanol–water partition coefficient (Wildman–Crippen LogP) is 1.54. The van der Waals surface area contributed by atoms with E-state index < -0.39 is 11.9 Å². The average Bonchev–Trinajstić information content (AvgIpc) is 2.88. The Bertz CT molecular complexity index is 1190. The van der Waals surface area contributed by atoms with Gasteiger partial charge in [-0.25, -0.2) is 34.1 Å². The van der Waals surface area contributed by atoms with Gasteiger partial charge in [0, 0.05) is 68.9 Å². The van der Waals surface area contributed by atoms with Crippen molar-refractivity contribution in [3.05, 3.63) is 53.9 Å². The molecule has 0 spiro atoms. The smallest absolute Gasteiger partial charge is 0.329 e. The van der Waals surface area contributed by atoms with Crippen molar-refractivity contribution in [2.75, 3.05) is 43.1 Å². The Hall–Kier alpha value is -3.73. The minimum Gasteiger partial charge on any atom is -0.467 e. The summed E-state index contributed by atoms with van der Waals surface area (Å²) in [6, 6.07) is 3.86. The Morgan fingerprint density at radius 2 is 1.85 bits per heavy atom. The number of hydrogen-bond donors (Lipinski definition) is 1. The van der Waals surface area contributed by atoms with Crippen LogP contribution in [0.2, 0.25) is 0 Å². The predicted molar refractivity (Wildman–Crippen MR) is 123 cm³/mol. The SMILES string of the molecule is COC(=O)C1CNCCN1c1cc(F)cc(N2CCc3nc(-c4ncccn4)ncc3C2C)n1. The zero-order chi connectivity index (χ0) is 23.7. The number of carbonyl (C=O) groups is 1. The van der Waals surface area contributed by atoms with Crippen molar-refractivity contribution in [3.63, 3.8) is 0 Å². The van der Waals surface area contributed by atoms with E-state index in [-0.39, 0.29) is 12.0 Å². The van der Waals surface area contributed by atoms with E-state index in [2.05, 4.69) is 25.3 Å². The number of rotatable bonds is 4. The minimum absolute atomic E-state index is 0.115. The van der Waals surface area contributed by atoms with E-state index in [1.165, 1.54) is 19.2 Å². The first-order valence-corrected chi connectivity index (χ1v) is 11.2. The molecule has 2 aliphatic rings. The molecule has 2 unspecified atom stereocenters. The lowest BCUT2D eigenvalue weighted by Gasteiger charge is -2.38. The summed E-state index contributed by atoms with van der Waals surface area (Å²) >= 11 is 0. The summed E-state index contributed by atoms with van der Waals surface area (Å²) in [6.45, 7) is 4.23. The molecule has 0 bridgehead atoms. The number of ether oxygens (including phenoxy) is 1. The lowest BCUT2D eigenvalue weighted by Crippen LogP contribution is -2.55. The molecule has 3 aromatic rings. The number of carbonyl (C=O) groups excluding carboxylic acids is 1. The summed E-state index contributed by atoms with van der Waals surface area (Å²) in [6.07, 6.45) is 5.75. The first-order valence-electron chi connectivity index (χ1n) is 11.2. The molecular weight excluding hydrogens is 439 g/mol. The van der Waals surface area contributed by atoms with Crippen LogP contribution in [-0.4, -0.2) is 70.2 Å². The second-order valence-electron chi connectivity index (χ2n) is 8.23. The summed E-state index contributed by atoms with van der Waals surface area (Å²) in [4.78, 5) is 38.5. The first-order chi connectivity index (χ1) is 16.5. The third-order valence-corrected chi connectivity index (χ3v) is 6.24. The van der Waals surface area contributed by atoms with Crippen LogP contribution in [-0.2, 0) is 16.0 Å². The molecule has 1 saturated heterocycles. The lowest BCUT2D eigenvalue weighted by molar-refractivity contribution is -0.142. The van der Waals surface area contributed by atoms with Gasteiger partial charge >= 0.3 is 5.97 Å². The molecule has 1 fully saturated rings. The molecule has 176 valence electrons. The Morgan fingerprint density at radius 1 is 1.09 bits per heavy atom. The van der Waals surface area contributed by atoms with Gasteiger partial charge in [0.15, 0.2) is 11.6 Å². The number of aromatic nitrogens is 5. The van der Waals surface area contributed by atoms with Crippen molar-refractivity contribution < 1.29 is 13.9 Å². The fourth-order valence-corrected chi connectivity index (χ4v) is 4.49. The van der Waals surface area contributed by atoms with Gasteiger partial charge in [-0.05, 0) is 13.0 Å². The maximum Gasteiger partial charge on any atom is 0.329 e. The average molecular weight is 465 g/mol. The highest BCUT2D eigenvalue weighted by Gasteiger charge is 2.32. The normalized spacial score (nSPS) is 20.1. The van der Waals surface area contributed by atoms with E-state index in [0.717, 1.165) is 11.3 Å². The van der Waals surface area contributed by atoms with Crippen molar-refractivity contribution in [3.8, 4) is 11.6 Å². The van der Waals surface area contributed by atoms with Crippen LogP contribution in [0, 0.1) is 5.82 Å². The van der Waals surface area contributed by atoms with Gasteiger partial charge in [0.1, 0.15) is 23.5 Å². The maximum absolute atomic E-state index is 14.7. The number of anilines is 2. The quantitative estimate of drug-likeness (QED) is 0.571. The van der Waals surface area contributed by atoms with Crippen LogP contribution in [0.15, 0.2) is 36.8 Å². The van der Waals surface area contributed by atoms with Gasteiger partial charge in [-0.3, -0.25) is 0 Å². The van der Waals surface area contributed by atoms with Gasteiger partial charge in [0.05, 0.1) is 18.8 Å². The summed E-state index contributed by atoms with van der Waals surface area (Å²) in [7, 11) is 1.35. The molecule has 0 amide bonds. The standard InChI is InChI=1S/C23H25FN8O2/c1-14-16-12-28-22(21-26-5-3-6-27-21)29-17(16)4-8-31(14)19-10-15(24)11-20(30-19)32-9-7-25-13-18(32)23(33)34-2/h3,5-6,10-12,14,18,25H,4,7-9,13H2,1-2H3. The number of fused-ring (bicyclic) bond motifs is 1. The zero-order valence-electron chi connectivity index (χ0n) is 19.0. The zero-order valence-corrected chi connectivity index (χ0v) is 19.0. The lowest BCUT2D eigenvalue weighted by atomic mass is 9.99. The fourth-order valence-electron chi connectivity index (χ4n) is 4.49. The monoisotopic (exact) mass is 464 g/mol. The van der Waals surface area contributed by atoms with Crippen LogP contribution >= 0.6 is 0 Å². The molecule has 1 N–H and O–H groups in total. The molecule has 34 heavy (non-hydrogen) atoms. The number of methoxy groups -OCH3 is 1. The molecule has 0 aromatic carbocycles. The Balaban J connectivity index is 1.44. The molecule has 2 aliphatic heterocycles. The summed E-state index contributed by atoms with van der Waals surface area (Å²) in [5, 5.41) is 3.18. The highest BCUT2D eigenvalue weighted by molar-refractivity contribution is 5.80. The number of pyridine rings is 1. The molecule has 2 atom stereocenters. The second kappa shape index (κ2) is 9.26. The van der Waals surface area contributed by atoms with E-state index in [1.807, 2.05) is 11.8 Å². The summed E-state index contributed by atoms with van der Waals surface area (Å²) in [5.41, 5.74) is 1.87. The van der Waals surface area contributed by atoms with Gasteiger partial charge in [-0.15, -0.1) is 0 Å². The van der Waals surface area contributed by atoms with Gasteiger partial charge in [-0.1, -0.05) is 0 Å². The number of esters is 1. The third-order valence-electron chi connectivity index (χ3n) is 6.24. The van der Waals surface area contributed by atoms with E-state index in [0.29, 0.717) is 55.9 Å². The highest BCUT2D eigenvalue weighted by Crippen LogP contribution is 2.33. The van der Waals surface area contributed by atoms with Crippen LogP contribution < -0.4 is 15.1 Å². The van der Waals surface area contributed by atoms with Gasteiger partial charge in [0.2, 0.25) is 0 Å². The van der Waals surface area contributed by atoms with Gasteiger partial charge < -0.3 is 19.9 Å². The molecule has 5 rings (SSSR count). The number of nitrogens with zero attached hydrogens (tertiary/aromatic N) is 7. The van der Waals surface area contributed by atoms with E-state index >= 15 is 0 Å². The number of nitrogens with one attached hydrogen (secondary N) is 1. The Kier molecular flexibility index (Phi) is 6.01. The summed E-state index contributed by atoms with van der Waals surface area (Å²) in [5.74, 6) is 1.10. The minimum atomic E-state index is -0.563. The molecule has 0 radical (unpaired) electrons. The first kappa shape index (κ1) is 22.1. The van der Waals surface area contributed by atoms with Crippen molar-refractivity contribution in [1.29, 1.82) is 0 Å². The van der Waals surface area contributed by atoms with Crippen molar-refractivity contribution >= 4 is 17.6 Å². The molecule has 0 saturated carbocycles. The topological polar surface area (TPSA) is 109 Å². The molecule has 5 heterocycles. The van der Waals surface area contributed by atoms with Gasteiger partial charge in [-0.2, -0.15) is 0 Å². The van der Waals surface area contributed by atoms with E-state index in [9.17, 15) is 9.18 Å². The van der Waals surface area contributed by atoms with Crippen molar-refractivity contribution in [2.24, 2.45) is 0 Å². The fraction of sp³-hybridized carbons (Fsp3) is 0.391. The van der Waals surface area contributed by atoms with Crippen LogP contribution in [0.4, 0.5) is 16.0 Å². The number of halogens is 1. The maximum atomic E-state index is 14.7. The van der Waals surface area contributed by atoms with Gasteiger partial charge in [0.25, 0.3) is 0 Å². The molecule has 3 aromatic heterocycles. The van der Waals surface area contributed by atoms with Crippen LogP contribution in [0.5, 0.6) is 0 Å². The third kappa shape index (κ3) is 4.14. The Morgan fingerprint density at radius 3 is 2.62 bits per heavy atom. The second-order valence-corrected chi connectivity index (χ2v) is 8.23. The largest absolute Gasteiger partial charge is 0.467 e.